The standard InChI is InChI=1S/C16H20BrNO4/c1-10(22-2)6-7-15(19)18-9-11-4-3-5-13(17)12(11)8-14(18)16(20)21/h3-5,10,14H,6-9H2,1-2H3,(H,20,21). The maximum absolute atomic E-state index is 12.4. The first kappa shape index (κ1) is 17.0. The molecule has 0 saturated heterocycles. The normalized spacial score (nSPS) is 18.7. The van der Waals surface area contributed by atoms with E-state index < -0.39 is 12.0 Å². The lowest BCUT2D eigenvalue weighted by atomic mass is 9.93. The van der Waals surface area contributed by atoms with Crippen LogP contribution in [0.25, 0.3) is 0 Å². The molecule has 120 valence electrons. The molecule has 1 aliphatic heterocycles. The lowest BCUT2D eigenvalue weighted by Gasteiger charge is -2.35. The number of carboxylic acids is 1. The van der Waals surface area contributed by atoms with Crippen molar-refractivity contribution in [2.24, 2.45) is 0 Å². The molecule has 2 unspecified atom stereocenters. The molecule has 1 aromatic rings. The average Bonchev–Trinajstić information content (AvgIpc) is 2.51. The first-order valence-corrected chi connectivity index (χ1v) is 8.04. The van der Waals surface area contributed by atoms with Crippen LogP contribution in [0.2, 0.25) is 0 Å². The highest BCUT2D eigenvalue weighted by Gasteiger charge is 2.35. The fraction of sp³-hybridized carbons (Fsp3) is 0.500. The molecule has 0 saturated carbocycles. The summed E-state index contributed by atoms with van der Waals surface area (Å²) in [4.78, 5) is 25.4. The Labute approximate surface area is 138 Å². The Hall–Kier alpha value is -1.40. The van der Waals surface area contributed by atoms with E-state index in [4.69, 9.17) is 4.74 Å². The summed E-state index contributed by atoms with van der Waals surface area (Å²) in [5.41, 5.74) is 1.98. The SMILES string of the molecule is COC(C)CCC(=O)N1Cc2cccc(Br)c2CC1C(=O)O. The van der Waals surface area contributed by atoms with E-state index in [0.717, 1.165) is 15.6 Å². The van der Waals surface area contributed by atoms with Crippen LogP contribution in [0.4, 0.5) is 0 Å². The predicted octanol–water partition coefficient (Wildman–Crippen LogP) is 2.60. The molecule has 0 fully saturated rings. The quantitative estimate of drug-likeness (QED) is 0.865. The zero-order chi connectivity index (χ0) is 16.3. The smallest absolute Gasteiger partial charge is 0.326 e. The van der Waals surface area contributed by atoms with Gasteiger partial charge in [-0.1, -0.05) is 28.1 Å². The van der Waals surface area contributed by atoms with E-state index in [-0.39, 0.29) is 12.0 Å². The third-order valence-electron chi connectivity index (χ3n) is 4.10. The number of rotatable bonds is 5. The number of carboxylic acid groups (broad SMARTS) is 1. The van der Waals surface area contributed by atoms with Crippen molar-refractivity contribution in [1.82, 2.24) is 4.90 Å². The molecule has 0 spiro atoms. The van der Waals surface area contributed by atoms with Crippen molar-refractivity contribution in [2.45, 2.75) is 44.9 Å². The Bertz CT molecular complexity index is 575. The minimum atomic E-state index is -0.963. The highest BCUT2D eigenvalue weighted by molar-refractivity contribution is 9.10. The van der Waals surface area contributed by atoms with Crippen LogP contribution < -0.4 is 0 Å². The van der Waals surface area contributed by atoms with E-state index in [9.17, 15) is 14.7 Å². The van der Waals surface area contributed by atoms with Crippen molar-refractivity contribution in [1.29, 1.82) is 0 Å². The second-order valence-corrected chi connectivity index (χ2v) is 6.40. The molecule has 5 nitrogen and oxygen atoms in total. The van der Waals surface area contributed by atoms with Gasteiger partial charge >= 0.3 is 5.97 Å². The minimum Gasteiger partial charge on any atom is -0.480 e. The van der Waals surface area contributed by atoms with Gasteiger partial charge in [-0.2, -0.15) is 0 Å². The molecule has 6 heteroatoms. The second kappa shape index (κ2) is 7.24. The first-order chi connectivity index (χ1) is 10.4. The van der Waals surface area contributed by atoms with Gasteiger partial charge in [0.15, 0.2) is 0 Å². The Morgan fingerprint density at radius 3 is 2.86 bits per heavy atom. The summed E-state index contributed by atoms with van der Waals surface area (Å²) in [5.74, 6) is -1.10. The van der Waals surface area contributed by atoms with E-state index in [2.05, 4.69) is 15.9 Å². The minimum absolute atomic E-state index is 0.0153. The maximum Gasteiger partial charge on any atom is 0.326 e. The number of benzene rings is 1. The van der Waals surface area contributed by atoms with E-state index in [1.807, 2.05) is 25.1 Å². The summed E-state index contributed by atoms with van der Waals surface area (Å²) >= 11 is 3.46. The fourth-order valence-electron chi connectivity index (χ4n) is 2.65. The Morgan fingerprint density at radius 2 is 2.23 bits per heavy atom. The van der Waals surface area contributed by atoms with Crippen LogP contribution in [-0.2, 0) is 27.3 Å². The van der Waals surface area contributed by atoms with Gasteiger partial charge < -0.3 is 14.7 Å². The maximum atomic E-state index is 12.4. The molecule has 0 radical (unpaired) electrons. The van der Waals surface area contributed by atoms with Gasteiger partial charge in [0.2, 0.25) is 5.91 Å². The number of carbonyl (C=O) groups is 2. The highest BCUT2D eigenvalue weighted by Crippen LogP contribution is 2.30. The summed E-state index contributed by atoms with van der Waals surface area (Å²) in [6.07, 6.45) is 1.20. The molecule has 1 aromatic carbocycles. The van der Waals surface area contributed by atoms with Gasteiger partial charge in [-0.15, -0.1) is 0 Å². The van der Waals surface area contributed by atoms with Crippen molar-refractivity contribution >= 4 is 27.8 Å². The lowest BCUT2D eigenvalue weighted by molar-refractivity contribution is -0.151. The van der Waals surface area contributed by atoms with Gasteiger partial charge in [0.25, 0.3) is 0 Å². The number of ether oxygens (including phenoxy) is 1. The Balaban J connectivity index is 2.19. The Kier molecular flexibility index (Phi) is 5.58. The number of methoxy groups -OCH3 is 1. The molecule has 0 aliphatic carbocycles. The molecule has 1 heterocycles. The van der Waals surface area contributed by atoms with Gasteiger partial charge in [0.05, 0.1) is 6.10 Å². The number of aliphatic carboxylic acids is 1. The van der Waals surface area contributed by atoms with Crippen molar-refractivity contribution in [2.75, 3.05) is 7.11 Å². The summed E-state index contributed by atoms with van der Waals surface area (Å²) in [7, 11) is 1.60. The predicted molar refractivity (Wildman–Crippen MR) is 85.5 cm³/mol. The van der Waals surface area contributed by atoms with Crippen molar-refractivity contribution in [3.63, 3.8) is 0 Å². The van der Waals surface area contributed by atoms with Gasteiger partial charge in [-0.05, 0) is 30.5 Å². The van der Waals surface area contributed by atoms with Crippen LogP contribution in [0, 0.1) is 0 Å². The van der Waals surface area contributed by atoms with E-state index in [1.165, 1.54) is 4.90 Å². The molecular formula is C16H20BrNO4. The largest absolute Gasteiger partial charge is 0.480 e. The van der Waals surface area contributed by atoms with Gasteiger partial charge in [0.1, 0.15) is 6.04 Å². The fourth-order valence-corrected chi connectivity index (χ4v) is 3.22. The van der Waals surface area contributed by atoms with Crippen LogP contribution in [0.15, 0.2) is 22.7 Å². The number of amides is 1. The van der Waals surface area contributed by atoms with Gasteiger partial charge in [-0.3, -0.25) is 4.79 Å². The number of fused-ring (bicyclic) bond motifs is 1. The molecule has 0 aromatic heterocycles. The summed E-state index contributed by atoms with van der Waals surface area (Å²) in [6.45, 7) is 2.23. The average molecular weight is 370 g/mol. The van der Waals surface area contributed by atoms with Crippen LogP contribution in [-0.4, -0.2) is 41.1 Å². The monoisotopic (exact) mass is 369 g/mol. The lowest BCUT2D eigenvalue weighted by Crippen LogP contribution is -2.48. The third kappa shape index (κ3) is 3.67. The summed E-state index contributed by atoms with van der Waals surface area (Å²) < 4.78 is 6.04. The molecule has 22 heavy (non-hydrogen) atoms. The topological polar surface area (TPSA) is 66.8 Å². The van der Waals surface area contributed by atoms with Crippen molar-refractivity contribution in [3.05, 3.63) is 33.8 Å². The third-order valence-corrected chi connectivity index (χ3v) is 4.85. The van der Waals surface area contributed by atoms with Crippen LogP contribution in [0.5, 0.6) is 0 Å². The number of hydrogen-bond acceptors (Lipinski definition) is 3. The zero-order valence-electron chi connectivity index (χ0n) is 12.7. The molecule has 2 atom stereocenters. The van der Waals surface area contributed by atoms with E-state index >= 15 is 0 Å². The first-order valence-electron chi connectivity index (χ1n) is 7.25. The van der Waals surface area contributed by atoms with Crippen LogP contribution in [0.1, 0.15) is 30.9 Å². The zero-order valence-corrected chi connectivity index (χ0v) is 14.3. The van der Waals surface area contributed by atoms with E-state index in [1.54, 1.807) is 7.11 Å². The number of hydrogen-bond donors (Lipinski definition) is 1. The highest BCUT2D eigenvalue weighted by atomic mass is 79.9. The van der Waals surface area contributed by atoms with E-state index in [0.29, 0.717) is 25.8 Å². The molecule has 1 amide bonds. The van der Waals surface area contributed by atoms with Crippen molar-refractivity contribution < 1.29 is 19.4 Å². The second-order valence-electron chi connectivity index (χ2n) is 5.54. The van der Waals surface area contributed by atoms with Gasteiger partial charge in [0, 0.05) is 31.0 Å². The number of nitrogens with zero attached hydrogens (tertiary/aromatic N) is 1. The molecule has 2 rings (SSSR count). The Morgan fingerprint density at radius 1 is 1.50 bits per heavy atom. The molecule has 1 N–H and O–H groups in total. The molecular weight excluding hydrogens is 350 g/mol. The molecule has 1 aliphatic rings. The summed E-state index contributed by atoms with van der Waals surface area (Å²) in [5, 5.41) is 9.46. The van der Waals surface area contributed by atoms with Gasteiger partial charge in [-0.25, -0.2) is 4.79 Å². The molecule has 0 bridgehead atoms. The van der Waals surface area contributed by atoms with Crippen LogP contribution >= 0.6 is 15.9 Å². The van der Waals surface area contributed by atoms with Crippen LogP contribution in [0.3, 0.4) is 0 Å². The number of carbonyl (C=O) groups excluding carboxylic acids is 1. The summed E-state index contributed by atoms with van der Waals surface area (Å²) in [6, 6.07) is 4.93. The number of halogens is 1. The van der Waals surface area contributed by atoms with Crippen molar-refractivity contribution in [3.8, 4) is 0 Å².